The zero-order valence-corrected chi connectivity index (χ0v) is 16.3. The number of rotatable bonds is 11. The van der Waals surface area contributed by atoms with Crippen LogP contribution in [-0.4, -0.2) is 35.6 Å². The second-order valence-electron chi connectivity index (χ2n) is 6.39. The lowest BCUT2D eigenvalue weighted by Crippen LogP contribution is -2.42. The molecule has 0 aliphatic rings. The summed E-state index contributed by atoms with van der Waals surface area (Å²) in [5.74, 6) is -1.53. The average molecular weight is 399 g/mol. The molecular formula is C22H25NO6. The molecule has 0 bridgehead atoms. The number of carbonyl (C=O) groups is 3. The smallest absolute Gasteiger partial charge is 0.326 e. The molecule has 2 rings (SSSR count). The molecule has 0 unspecified atom stereocenters. The minimum absolute atomic E-state index is 0.0885. The van der Waals surface area contributed by atoms with Crippen molar-refractivity contribution in [2.75, 3.05) is 6.61 Å². The van der Waals surface area contributed by atoms with E-state index in [0.29, 0.717) is 17.9 Å². The summed E-state index contributed by atoms with van der Waals surface area (Å²) >= 11 is 0. The lowest BCUT2D eigenvalue weighted by Gasteiger charge is -2.15. The van der Waals surface area contributed by atoms with Gasteiger partial charge in [0.15, 0.2) is 0 Å². The van der Waals surface area contributed by atoms with Gasteiger partial charge in [-0.2, -0.15) is 0 Å². The van der Waals surface area contributed by atoms with Crippen LogP contribution >= 0.6 is 0 Å². The zero-order chi connectivity index (χ0) is 21.1. The first kappa shape index (κ1) is 21.9. The third kappa shape index (κ3) is 8.04. The molecule has 7 heteroatoms. The van der Waals surface area contributed by atoms with Crippen molar-refractivity contribution in [3.63, 3.8) is 0 Å². The topological polar surface area (TPSA) is 102 Å². The summed E-state index contributed by atoms with van der Waals surface area (Å²) in [5, 5.41) is 11.9. The van der Waals surface area contributed by atoms with Gasteiger partial charge in [-0.3, -0.25) is 9.59 Å². The molecule has 0 saturated carbocycles. The molecule has 0 aliphatic carbocycles. The summed E-state index contributed by atoms with van der Waals surface area (Å²) in [6.45, 7) is 2.31. The standard InChI is InChI=1S/C22H25NO6/c1-2-28-21(25)12-11-20(24)23-19(22(26)27)14-17-9-6-10-18(13-17)29-15-16-7-4-3-5-8-16/h3-10,13,19H,2,11-12,14-15H2,1H3,(H,23,24)(H,26,27)/t19-/m0/s1. The van der Waals surface area contributed by atoms with Crippen LogP contribution in [0.5, 0.6) is 5.75 Å². The second-order valence-corrected chi connectivity index (χ2v) is 6.39. The van der Waals surface area contributed by atoms with Gasteiger partial charge in [-0.25, -0.2) is 4.79 Å². The monoisotopic (exact) mass is 399 g/mol. The molecule has 0 aliphatic heterocycles. The van der Waals surface area contributed by atoms with E-state index in [4.69, 9.17) is 9.47 Å². The van der Waals surface area contributed by atoms with E-state index in [9.17, 15) is 19.5 Å². The van der Waals surface area contributed by atoms with Crippen molar-refractivity contribution < 1.29 is 29.0 Å². The molecule has 7 nitrogen and oxygen atoms in total. The summed E-state index contributed by atoms with van der Waals surface area (Å²) in [7, 11) is 0. The van der Waals surface area contributed by atoms with Crippen LogP contribution in [0.15, 0.2) is 54.6 Å². The van der Waals surface area contributed by atoms with Crippen molar-refractivity contribution in [1.82, 2.24) is 5.32 Å². The fourth-order valence-corrected chi connectivity index (χ4v) is 2.65. The Bertz CT molecular complexity index is 821. The Morgan fingerprint density at radius 1 is 1.00 bits per heavy atom. The Morgan fingerprint density at radius 2 is 1.72 bits per heavy atom. The average Bonchev–Trinajstić information content (AvgIpc) is 2.71. The van der Waals surface area contributed by atoms with Crippen molar-refractivity contribution in [3.05, 3.63) is 65.7 Å². The second kappa shape index (κ2) is 11.5. The SMILES string of the molecule is CCOC(=O)CCC(=O)N[C@@H](Cc1cccc(OCc2ccccc2)c1)C(=O)O. The number of ether oxygens (including phenoxy) is 2. The Labute approximate surface area is 169 Å². The van der Waals surface area contributed by atoms with Gasteiger partial charge >= 0.3 is 11.9 Å². The van der Waals surface area contributed by atoms with E-state index in [-0.39, 0.29) is 25.9 Å². The van der Waals surface area contributed by atoms with Crippen LogP contribution in [0.1, 0.15) is 30.9 Å². The normalized spacial score (nSPS) is 11.3. The number of nitrogens with one attached hydrogen (secondary N) is 1. The van der Waals surface area contributed by atoms with E-state index < -0.39 is 23.9 Å². The van der Waals surface area contributed by atoms with Crippen molar-refractivity contribution in [1.29, 1.82) is 0 Å². The van der Waals surface area contributed by atoms with Gasteiger partial charge in [0.1, 0.15) is 18.4 Å². The maximum absolute atomic E-state index is 12.0. The number of carboxylic acids is 1. The Kier molecular flexibility index (Phi) is 8.69. The maximum atomic E-state index is 12.0. The summed E-state index contributed by atoms with van der Waals surface area (Å²) in [5.41, 5.74) is 1.74. The van der Waals surface area contributed by atoms with Crippen LogP contribution in [-0.2, 0) is 32.1 Å². The van der Waals surface area contributed by atoms with Crippen LogP contribution in [0.4, 0.5) is 0 Å². The molecule has 2 aromatic rings. The molecule has 2 aromatic carbocycles. The highest BCUT2D eigenvalue weighted by molar-refractivity contribution is 5.85. The third-order valence-corrected chi connectivity index (χ3v) is 4.08. The van der Waals surface area contributed by atoms with Gasteiger partial charge < -0.3 is 19.9 Å². The molecular weight excluding hydrogens is 374 g/mol. The first-order chi connectivity index (χ1) is 14.0. The van der Waals surface area contributed by atoms with E-state index >= 15 is 0 Å². The molecule has 0 saturated heterocycles. The van der Waals surface area contributed by atoms with Crippen molar-refractivity contribution in [2.45, 2.75) is 38.8 Å². The largest absolute Gasteiger partial charge is 0.489 e. The summed E-state index contributed by atoms with van der Waals surface area (Å²) in [6.07, 6.45) is -0.110. The fourth-order valence-electron chi connectivity index (χ4n) is 2.65. The lowest BCUT2D eigenvalue weighted by atomic mass is 10.1. The predicted molar refractivity (Wildman–Crippen MR) is 106 cm³/mol. The number of carboxylic acid groups (broad SMARTS) is 1. The summed E-state index contributed by atoms with van der Waals surface area (Å²) in [6, 6.07) is 15.7. The highest BCUT2D eigenvalue weighted by Gasteiger charge is 2.21. The highest BCUT2D eigenvalue weighted by Crippen LogP contribution is 2.16. The summed E-state index contributed by atoms with van der Waals surface area (Å²) < 4.78 is 10.5. The van der Waals surface area contributed by atoms with Gasteiger partial charge in [-0.05, 0) is 30.2 Å². The van der Waals surface area contributed by atoms with E-state index in [1.165, 1.54) is 0 Å². The van der Waals surface area contributed by atoms with Crippen LogP contribution in [0.3, 0.4) is 0 Å². The van der Waals surface area contributed by atoms with E-state index in [1.54, 1.807) is 31.2 Å². The van der Waals surface area contributed by atoms with Crippen molar-refractivity contribution in [3.8, 4) is 5.75 Å². The minimum Gasteiger partial charge on any atom is -0.489 e. The number of esters is 1. The Morgan fingerprint density at radius 3 is 2.41 bits per heavy atom. The Balaban J connectivity index is 1.91. The number of benzene rings is 2. The zero-order valence-electron chi connectivity index (χ0n) is 16.3. The quantitative estimate of drug-likeness (QED) is 0.564. The molecule has 1 amide bonds. The van der Waals surface area contributed by atoms with Gasteiger partial charge in [0.25, 0.3) is 0 Å². The van der Waals surface area contributed by atoms with Crippen molar-refractivity contribution in [2.24, 2.45) is 0 Å². The first-order valence-corrected chi connectivity index (χ1v) is 9.41. The lowest BCUT2D eigenvalue weighted by molar-refractivity contribution is -0.144. The minimum atomic E-state index is -1.15. The van der Waals surface area contributed by atoms with E-state index in [0.717, 1.165) is 5.56 Å². The molecule has 154 valence electrons. The first-order valence-electron chi connectivity index (χ1n) is 9.41. The highest BCUT2D eigenvalue weighted by atomic mass is 16.5. The van der Waals surface area contributed by atoms with Gasteiger partial charge in [0, 0.05) is 12.8 Å². The predicted octanol–water partition coefficient (Wildman–Crippen LogP) is 2.72. The summed E-state index contributed by atoms with van der Waals surface area (Å²) in [4.78, 5) is 34.8. The van der Waals surface area contributed by atoms with Gasteiger partial charge in [-0.15, -0.1) is 0 Å². The van der Waals surface area contributed by atoms with Gasteiger partial charge in [0.2, 0.25) is 5.91 Å². The molecule has 2 N–H and O–H groups in total. The number of hydrogen-bond donors (Lipinski definition) is 2. The molecule has 0 radical (unpaired) electrons. The van der Waals surface area contributed by atoms with Crippen LogP contribution < -0.4 is 10.1 Å². The van der Waals surface area contributed by atoms with Crippen LogP contribution in [0.25, 0.3) is 0 Å². The van der Waals surface area contributed by atoms with Gasteiger partial charge in [0.05, 0.1) is 13.0 Å². The molecule has 0 aromatic heterocycles. The van der Waals surface area contributed by atoms with E-state index in [1.807, 2.05) is 30.3 Å². The van der Waals surface area contributed by atoms with E-state index in [2.05, 4.69) is 5.32 Å². The number of amides is 1. The molecule has 0 heterocycles. The maximum Gasteiger partial charge on any atom is 0.326 e. The number of carbonyl (C=O) groups excluding carboxylic acids is 2. The van der Waals surface area contributed by atoms with Crippen LogP contribution in [0.2, 0.25) is 0 Å². The fraction of sp³-hybridized carbons (Fsp3) is 0.318. The molecule has 0 fully saturated rings. The van der Waals surface area contributed by atoms with Crippen LogP contribution in [0, 0.1) is 0 Å². The Hall–Kier alpha value is -3.35. The molecule has 0 spiro atoms. The number of hydrogen-bond acceptors (Lipinski definition) is 5. The third-order valence-electron chi connectivity index (χ3n) is 4.08. The van der Waals surface area contributed by atoms with Gasteiger partial charge in [-0.1, -0.05) is 42.5 Å². The number of aliphatic carboxylic acids is 1. The van der Waals surface area contributed by atoms with Crippen molar-refractivity contribution >= 4 is 17.8 Å². The molecule has 1 atom stereocenters. The molecule has 29 heavy (non-hydrogen) atoms.